The molecule has 1 unspecified atom stereocenters. The fraction of sp³-hybridized carbons (Fsp3) is 0.531. The zero-order valence-corrected chi connectivity index (χ0v) is 40.2. The lowest BCUT2D eigenvalue weighted by Gasteiger charge is -2.63. The minimum absolute atomic E-state index is 0.00631. The molecule has 4 aliphatic carbocycles. The Kier molecular flexibility index (Phi) is 16.2. The second-order valence-corrected chi connectivity index (χ2v) is 20.9. The van der Waals surface area contributed by atoms with E-state index in [-0.39, 0.29) is 79.1 Å². The number of rotatable bonds is 16. The number of aliphatic hydroxyl groups excluding tert-OH is 2. The second kappa shape index (κ2) is 21.0. The fourth-order valence-electron chi connectivity index (χ4n) is 10.9. The maximum Gasteiger partial charge on any atom is 0.373 e. The van der Waals surface area contributed by atoms with Crippen LogP contribution in [0.1, 0.15) is 78.6 Å². The van der Waals surface area contributed by atoms with E-state index in [9.17, 15) is 39.0 Å². The van der Waals surface area contributed by atoms with Crippen LogP contribution in [0, 0.1) is 28.6 Å². The highest BCUT2D eigenvalue weighted by Gasteiger charge is 2.80. The number of ketones is 3. The zero-order chi connectivity index (χ0) is 49.9. The number of Topliss-reactive ketones (excluding diaryl/α,β-unsaturated/α-hetero) is 2. The number of ether oxygens (including phenoxy) is 2. The molecule has 3 amide bonds. The molecule has 19 heteroatoms. The van der Waals surface area contributed by atoms with Crippen molar-refractivity contribution in [3.8, 4) is 0 Å². The van der Waals surface area contributed by atoms with Gasteiger partial charge in [0.15, 0.2) is 34.9 Å². The van der Waals surface area contributed by atoms with Crippen molar-refractivity contribution in [3.05, 3.63) is 77.9 Å². The first-order valence-electron chi connectivity index (χ1n) is 22.4. The third-order valence-electron chi connectivity index (χ3n) is 14.6. The van der Waals surface area contributed by atoms with E-state index in [1.165, 1.54) is 42.6 Å². The molecule has 1 saturated heterocycles. The predicted octanol–water partition coefficient (Wildman–Crippen LogP) is 5.19. The third-order valence-corrected chi connectivity index (χ3v) is 16.6. The van der Waals surface area contributed by atoms with Gasteiger partial charge in [0.25, 0.3) is 0 Å². The van der Waals surface area contributed by atoms with Crippen LogP contribution in [0.15, 0.2) is 82.1 Å². The Morgan fingerprint density at radius 2 is 1.59 bits per heavy atom. The molecule has 366 valence electrons. The normalized spacial score (nSPS) is 32.2. The molecule has 15 nitrogen and oxygen atoms in total. The molecule has 1 heterocycles. The predicted molar refractivity (Wildman–Crippen MR) is 245 cm³/mol. The van der Waals surface area contributed by atoms with E-state index in [1.54, 1.807) is 52.0 Å². The average Bonchev–Trinajstić information content (AvgIpc) is 3.81. The van der Waals surface area contributed by atoms with Crippen molar-refractivity contribution in [2.45, 2.75) is 124 Å². The van der Waals surface area contributed by atoms with Gasteiger partial charge in [-0.05, 0) is 106 Å². The van der Waals surface area contributed by atoms with E-state index in [0.29, 0.717) is 11.3 Å². The highest BCUT2D eigenvalue weighted by atomic mass is 32.2. The van der Waals surface area contributed by atoms with Gasteiger partial charge < -0.3 is 35.6 Å². The number of thioether (sulfide) groups is 1. The van der Waals surface area contributed by atoms with E-state index < -0.39 is 88.7 Å². The summed E-state index contributed by atoms with van der Waals surface area (Å²) in [6.45, 7) is 7.49. The topological polar surface area (TPSA) is 232 Å². The standard InChI is InChI=1S/C48H57F2N3O10S2.CO2/c1-25(19-37(56)26(2)52-41(59)16-18-51-43(61)27(3)64-6)42(60)53-29-9-13-32(14-10-29)65-31-11-7-28(8-12-31)44-62-40-22-33-34-21-36(49)35-20-30(55)15-17-45(35,4)47(34,50)38(57)23-46(33,5)48(40,63-44)39(58)24-54;2-1-3/h7-15,17,20,25-27,33-34,36,38,40,44,54,57H,16,18-19,21-24H2,1-6H3,(H,51,61)(H,52,59)(H,53,60);/t25-,26+,27?,33+,34+,36+,38+,40-,44-,45+,46+,47+,48-;/m1./s1. The fourth-order valence-corrected chi connectivity index (χ4v) is 12.0. The van der Waals surface area contributed by atoms with Crippen LogP contribution in [-0.4, -0.2) is 112 Å². The molecular weight excluding hydrogens is 925 g/mol. The first kappa shape index (κ1) is 52.5. The van der Waals surface area contributed by atoms with Crippen molar-refractivity contribution < 1.29 is 66.8 Å². The van der Waals surface area contributed by atoms with Gasteiger partial charge in [0, 0.05) is 63.1 Å². The van der Waals surface area contributed by atoms with Gasteiger partial charge in [-0.3, -0.25) is 28.8 Å². The maximum atomic E-state index is 17.7. The number of anilines is 1. The molecule has 2 aromatic carbocycles. The summed E-state index contributed by atoms with van der Waals surface area (Å²) in [5.74, 6) is -4.67. The lowest BCUT2D eigenvalue weighted by molar-refractivity contribution is -0.235. The summed E-state index contributed by atoms with van der Waals surface area (Å²) in [6, 6.07) is 13.7. The summed E-state index contributed by atoms with van der Waals surface area (Å²) in [5, 5.41) is 30.0. The Hall–Kier alpha value is -4.88. The van der Waals surface area contributed by atoms with Gasteiger partial charge >= 0.3 is 6.15 Å². The number of hydrogen-bond acceptors (Lipinski definition) is 14. The summed E-state index contributed by atoms with van der Waals surface area (Å²) in [7, 11) is 0. The van der Waals surface area contributed by atoms with Gasteiger partial charge in [0.2, 0.25) is 17.7 Å². The molecule has 1 aliphatic heterocycles. The number of amides is 3. The van der Waals surface area contributed by atoms with Crippen LogP contribution < -0.4 is 16.0 Å². The third kappa shape index (κ3) is 9.67. The van der Waals surface area contributed by atoms with E-state index in [4.69, 9.17) is 19.1 Å². The van der Waals surface area contributed by atoms with Gasteiger partial charge in [-0.25, -0.2) is 8.78 Å². The molecular formula is C49H57F2N3O12S2. The number of nitrogens with one attached hydrogen (secondary N) is 3. The van der Waals surface area contributed by atoms with Crippen LogP contribution >= 0.6 is 23.5 Å². The number of carbonyl (C=O) groups is 6. The van der Waals surface area contributed by atoms with Crippen LogP contribution in [0.5, 0.6) is 0 Å². The van der Waals surface area contributed by atoms with Crippen LogP contribution in [0.4, 0.5) is 14.5 Å². The second-order valence-electron chi connectivity index (χ2n) is 18.5. The quantitative estimate of drug-likeness (QED) is 0.146. The van der Waals surface area contributed by atoms with E-state index in [0.717, 1.165) is 15.9 Å². The van der Waals surface area contributed by atoms with E-state index in [1.807, 2.05) is 30.5 Å². The number of halogens is 2. The van der Waals surface area contributed by atoms with Crippen molar-refractivity contribution in [2.24, 2.45) is 28.6 Å². The SMILES string of the molecule is CSC(C)C(=O)NCCC(=O)N[C@@H](C)C(=O)C[C@@H](C)C(=O)Nc1ccc(Sc2ccc([C@@H]3O[C@@H]4C[C@H]5[C@@H]6C[C@H](F)C7=CC(=O)C=C[C@]7(C)[C@@]6(F)[C@@H](O)C[C@]5(C)[C@]4(C(=O)CO)O3)cc2)cc1.O=C=O. The summed E-state index contributed by atoms with van der Waals surface area (Å²) < 4.78 is 46.7. The number of alkyl halides is 2. The van der Waals surface area contributed by atoms with Crippen LogP contribution in [0.2, 0.25) is 0 Å². The van der Waals surface area contributed by atoms with Crippen molar-refractivity contribution in [3.63, 3.8) is 0 Å². The Labute approximate surface area is 401 Å². The van der Waals surface area contributed by atoms with Gasteiger partial charge in [0.1, 0.15) is 12.8 Å². The van der Waals surface area contributed by atoms with Crippen molar-refractivity contribution in [1.29, 1.82) is 0 Å². The molecule has 5 aliphatic rings. The Bertz CT molecular complexity index is 2380. The lowest BCUT2D eigenvalue weighted by atomic mass is 9.44. The van der Waals surface area contributed by atoms with E-state index >= 15 is 8.78 Å². The molecule has 0 aromatic heterocycles. The van der Waals surface area contributed by atoms with Gasteiger partial charge in [-0.1, -0.05) is 43.8 Å². The van der Waals surface area contributed by atoms with Crippen LogP contribution in [-0.2, 0) is 47.8 Å². The largest absolute Gasteiger partial charge is 0.390 e. The Morgan fingerprint density at radius 1 is 0.956 bits per heavy atom. The highest BCUT2D eigenvalue weighted by molar-refractivity contribution is 8.00. The van der Waals surface area contributed by atoms with Gasteiger partial charge in [-0.2, -0.15) is 21.4 Å². The van der Waals surface area contributed by atoms with Crippen molar-refractivity contribution in [2.75, 3.05) is 24.7 Å². The van der Waals surface area contributed by atoms with Crippen molar-refractivity contribution >= 4 is 70.4 Å². The molecule has 3 saturated carbocycles. The summed E-state index contributed by atoms with van der Waals surface area (Å²) in [4.78, 5) is 94.1. The molecule has 2 aromatic rings. The van der Waals surface area contributed by atoms with Crippen LogP contribution in [0.3, 0.4) is 0 Å². The first-order valence-corrected chi connectivity index (χ1v) is 24.5. The van der Waals surface area contributed by atoms with Crippen LogP contribution in [0.25, 0.3) is 0 Å². The summed E-state index contributed by atoms with van der Waals surface area (Å²) in [5.41, 5.74) is -5.78. The summed E-state index contributed by atoms with van der Waals surface area (Å²) >= 11 is 2.85. The number of fused-ring (bicyclic) bond motifs is 7. The molecule has 0 bridgehead atoms. The number of benzene rings is 2. The molecule has 4 fully saturated rings. The Balaban J connectivity index is 0.00000247. The number of carbonyl (C=O) groups excluding carboxylic acids is 8. The number of allylic oxidation sites excluding steroid dienone is 4. The van der Waals surface area contributed by atoms with Gasteiger partial charge in [0.05, 0.1) is 23.5 Å². The smallest absolute Gasteiger partial charge is 0.373 e. The maximum absolute atomic E-state index is 17.7. The number of aliphatic hydroxyl groups is 2. The molecule has 13 atom stereocenters. The monoisotopic (exact) mass is 981 g/mol. The van der Waals surface area contributed by atoms with Crippen molar-refractivity contribution in [1.82, 2.24) is 10.6 Å². The molecule has 7 rings (SSSR count). The number of hydrogen-bond donors (Lipinski definition) is 5. The first-order chi connectivity index (χ1) is 32.1. The lowest BCUT2D eigenvalue weighted by Crippen LogP contribution is -2.70. The highest BCUT2D eigenvalue weighted by Crippen LogP contribution is 2.72. The minimum atomic E-state index is -2.34. The zero-order valence-electron chi connectivity index (χ0n) is 38.5. The molecule has 5 N–H and O–H groups in total. The molecule has 0 radical (unpaired) electrons. The average molecular weight is 982 g/mol. The molecule has 68 heavy (non-hydrogen) atoms. The van der Waals surface area contributed by atoms with E-state index in [2.05, 4.69) is 16.0 Å². The molecule has 0 spiro atoms. The van der Waals surface area contributed by atoms with Gasteiger partial charge in [-0.15, -0.1) is 0 Å². The Morgan fingerprint density at radius 3 is 2.21 bits per heavy atom. The minimum Gasteiger partial charge on any atom is -0.390 e. The summed E-state index contributed by atoms with van der Waals surface area (Å²) in [6.07, 6.45) is 0.113.